The maximum atomic E-state index is 12.4. The summed E-state index contributed by atoms with van der Waals surface area (Å²) in [6, 6.07) is -1.19. The fourth-order valence-corrected chi connectivity index (χ4v) is 5.31. The molecule has 38 heavy (non-hydrogen) atoms. The first kappa shape index (κ1) is 30.9. The number of aromatic nitrogens is 2. The number of nitrogens with two attached hydrogens (primary N) is 1. The van der Waals surface area contributed by atoms with Gasteiger partial charge in [0.2, 0.25) is 0 Å². The van der Waals surface area contributed by atoms with Crippen molar-refractivity contribution in [1.82, 2.24) is 36.1 Å². The Morgan fingerprint density at radius 2 is 1.37 bits per heavy atom. The minimum absolute atomic E-state index is 0. The Morgan fingerprint density at radius 1 is 0.947 bits per heavy atom. The van der Waals surface area contributed by atoms with Crippen LogP contribution in [0, 0.1) is 13.8 Å². The predicted octanol–water partition coefficient (Wildman–Crippen LogP) is 1.13. The fourth-order valence-electron chi connectivity index (χ4n) is 4.00. The van der Waals surface area contributed by atoms with E-state index < -0.39 is 46.6 Å². The van der Waals surface area contributed by atoms with E-state index in [-0.39, 0.29) is 25.5 Å². The van der Waals surface area contributed by atoms with Crippen LogP contribution in [0.5, 0.6) is 0 Å². The third-order valence-electron chi connectivity index (χ3n) is 5.92. The molecule has 4 rings (SSSR count). The predicted molar refractivity (Wildman–Crippen MR) is 141 cm³/mol. The Labute approximate surface area is 232 Å². The maximum Gasteiger partial charge on any atom is 0.407 e. The van der Waals surface area contributed by atoms with Crippen LogP contribution < -0.4 is 27.0 Å². The monoisotopic (exact) mass is 588 g/mol. The number of urea groups is 2. The fraction of sp³-hybridized carbons (Fsp3) is 0.476. The van der Waals surface area contributed by atoms with E-state index in [0.717, 1.165) is 14.7 Å². The van der Waals surface area contributed by atoms with Gasteiger partial charge in [-0.15, -0.1) is 35.1 Å². The highest BCUT2D eigenvalue weighted by Crippen LogP contribution is 2.32. The number of carboxylic acid groups (broad SMARTS) is 1. The number of imide groups is 2. The molecule has 0 unspecified atom stereocenters. The summed E-state index contributed by atoms with van der Waals surface area (Å²) in [7, 11) is 0. The van der Waals surface area contributed by atoms with Crippen molar-refractivity contribution in [2.75, 3.05) is 13.1 Å². The molecule has 4 heterocycles. The van der Waals surface area contributed by atoms with Crippen LogP contribution in [0.25, 0.3) is 0 Å². The Hall–Kier alpha value is -3.34. The minimum Gasteiger partial charge on any atom is -0.465 e. The summed E-state index contributed by atoms with van der Waals surface area (Å²) in [5, 5.41) is 18.9. The molecular weight excluding hydrogens is 560 g/mol. The smallest absolute Gasteiger partial charge is 0.407 e. The van der Waals surface area contributed by atoms with Crippen molar-refractivity contribution in [1.29, 1.82) is 0 Å². The molecule has 0 radical (unpaired) electrons. The molecule has 0 spiro atoms. The highest BCUT2D eigenvalue weighted by molar-refractivity contribution is 7.10. The zero-order valence-electron chi connectivity index (χ0n) is 21.2. The van der Waals surface area contributed by atoms with Crippen molar-refractivity contribution >= 4 is 65.1 Å². The number of aryl methyl sites for hydroxylation is 2. The summed E-state index contributed by atoms with van der Waals surface area (Å²) >= 11 is 2.74. The van der Waals surface area contributed by atoms with E-state index in [1.807, 2.05) is 6.92 Å². The molecule has 2 saturated heterocycles. The summed E-state index contributed by atoms with van der Waals surface area (Å²) in [6.45, 7) is 8.55. The number of carbonyl (C=O) groups excluding carboxylic acids is 4. The van der Waals surface area contributed by atoms with Gasteiger partial charge in [-0.05, 0) is 34.6 Å². The molecule has 17 heteroatoms. The first-order chi connectivity index (χ1) is 17.2. The van der Waals surface area contributed by atoms with Gasteiger partial charge in [0.25, 0.3) is 11.8 Å². The molecule has 7 amide bonds. The molecule has 14 nitrogen and oxygen atoms in total. The highest BCUT2D eigenvalue weighted by atomic mass is 35.5. The van der Waals surface area contributed by atoms with E-state index in [2.05, 4.69) is 31.2 Å². The summed E-state index contributed by atoms with van der Waals surface area (Å²) < 4.78 is 0. The molecule has 2 aromatic heterocycles. The SMILES string of the molecule is Cc1scnc1[C@@]1(CN(C(=O)O)C(C)(C)C)NC(=O)NC1=O.Cc1scnc1[C@@]1(CN)NC(=O)NC1=O.Cl. The van der Waals surface area contributed by atoms with Gasteiger partial charge in [-0.3, -0.25) is 20.2 Å². The van der Waals surface area contributed by atoms with Crippen molar-refractivity contribution in [2.24, 2.45) is 5.73 Å². The highest BCUT2D eigenvalue weighted by Gasteiger charge is 2.53. The van der Waals surface area contributed by atoms with E-state index in [1.165, 1.54) is 22.7 Å². The van der Waals surface area contributed by atoms with Crippen molar-refractivity contribution < 1.29 is 29.1 Å². The van der Waals surface area contributed by atoms with Crippen LogP contribution in [-0.4, -0.2) is 68.6 Å². The molecule has 0 aliphatic carbocycles. The third-order valence-corrected chi connectivity index (χ3v) is 7.44. The second-order valence-electron chi connectivity index (χ2n) is 9.39. The normalized spacial score (nSPS) is 22.4. The Balaban J connectivity index is 0.000000277. The average Bonchev–Trinajstić information content (AvgIpc) is 3.54. The number of nitrogens with zero attached hydrogens (tertiary/aromatic N) is 3. The van der Waals surface area contributed by atoms with E-state index in [0.29, 0.717) is 11.4 Å². The van der Waals surface area contributed by atoms with Gasteiger partial charge >= 0.3 is 18.2 Å². The number of thiazole rings is 2. The summed E-state index contributed by atoms with van der Waals surface area (Å²) in [4.78, 5) is 69.4. The molecule has 0 aromatic carbocycles. The number of halogens is 1. The lowest BCUT2D eigenvalue weighted by molar-refractivity contribution is -0.125. The molecule has 0 bridgehead atoms. The van der Waals surface area contributed by atoms with Crippen molar-refractivity contribution in [3.63, 3.8) is 0 Å². The Morgan fingerprint density at radius 3 is 1.66 bits per heavy atom. The van der Waals surface area contributed by atoms with Crippen LogP contribution in [0.3, 0.4) is 0 Å². The number of hydrogen-bond acceptors (Lipinski definition) is 10. The first-order valence-electron chi connectivity index (χ1n) is 11.0. The summed E-state index contributed by atoms with van der Waals surface area (Å²) in [5.74, 6) is -1.04. The van der Waals surface area contributed by atoms with E-state index in [9.17, 15) is 29.1 Å². The average molecular weight is 589 g/mol. The second kappa shape index (κ2) is 11.2. The lowest BCUT2D eigenvalue weighted by Crippen LogP contribution is -2.58. The molecule has 2 aliphatic rings. The van der Waals surface area contributed by atoms with Gasteiger partial charge in [0.05, 0.1) is 29.0 Å². The van der Waals surface area contributed by atoms with Gasteiger partial charge in [0.15, 0.2) is 11.1 Å². The maximum absolute atomic E-state index is 12.4. The lowest BCUT2D eigenvalue weighted by atomic mass is 9.91. The first-order valence-corrected chi connectivity index (χ1v) is 12.7. The van der Waals surface area contributed by atoms with Crippen molar-refractivity contribution in [3.8, 4) is 0 Å². The van der Waals surface area contributed by atoms with Crippen LogP contribution in [0.4, 0.5) is 14.4 Å². The van der Waals surface area contributed by atoms with Crippen LogP contribution in [0.1, 0.15) is 41.9 Å². The van der Waals surface area contributed by atoms with Crippen LogP contribution in [0.15, 0.2) is 11.0 Å². The quantitative estimate of drug-likeness (QED) is 0.276. The standard InChI is InChI=1S/C13H18N4O4S.C8H10N4O2S.ClH/c1-7-8(14-6-22-7)13(9(18)15-10(19)16-13)5-17(11(20)21)12(2,3)4;1-4-5(10-3-15-4)8(2-9)6(13)11-7(14)12-8;/h6H,5H2,1-4H3,(H,20,21)(H2,15,16,18,19);3H,2,9H2,1H3,(H2,11,12,13,14);1H/t13-;8-;/m11./s1. The molecular formula is C21H29ClN8O6S2. The zero-order valence-corrected chi connectivity index (χ0v) is 23.7. The largest absolute Gasteiger partial charge is 0.465 e. The van der Waals surface area contributed by atoms with E-state index >= 15 is 0 Å². The number of hydrogen-bond donors (Lipinski definition) is 6. The van der Waals surface area contributed by atoms with Crippen LogP contribution >= 0.6 is 35.1 Å². The molecule has 7 N–H and O–H groups in total. The zero-order chi connectivity index (χ0) is 27.8. The lowest BCUT2D eigenvalue weighted by Gasteiger charge is -2.38. The molecule has 0 saturated carbocycles. The molecule has 208 valence electrons. The topological polar surface area (TPSA) is 209 Å². The van der Waals surface area contributed by atoms with Gasteiger partial charge in [0.1, 0.15) is 0 Å². The van der Waals surface area contributed by atoms with Gasteiger partial charge in [0, 0.05) is 21.8 Å². The van der Waals surface area contributed by atoms with Gasteiger partial charge in [-0.25, -0.2) is 24.4 Å². The number of amides is 7. The van der Waals surface area contributed by atoms with E-state index in [1.54, 1.807) is 38.7 Å². The van der Waals surface area contributed by atoms with Crippen LogP contribution in [0.2, 0.25) is 0 Å². The summed E-state index contributed by atoms with van der Waals surface area (Å²) in [5.41, 5.74) is 6.22. The second-order valence-corrected chi connectivity index (χ2v) is 11.5. The molecule has 2 atom stereocenters. The van der Waals surface area contributed by atoms with Gasteiger partial charge < -0.3 is 26.4 Å². The summed E-state index contributed by atoms with van der Waals surface area (Å²) in [6.07, 6.45) is -1.17. The Bertz CT molecular complexity index is 1260. The van der Waals surface area contributed by atoms with Crippen LogP contribution in [-0.2, 0) is 20.7 Å². The van der Waals surface area contributed by atoms with Crippen molar-refractivity contribution in [2.45, 2.75) is 51.2 Å². The Kier molecular flexibility index (Phi) is 9.09. The molecule has 2 fully saturated rings. The molecule has 2 aliphatic heterocycles. The van der Waals surface area contributed by atoms with E-state index in [4.69, 9.17) is 5.73 Å². The van der Waals surface area contributed by atoms with Crippen molar-refractivity contribution in [3.05, 3.63) is 32.2 Å². The third kappa shape index (κ3) is 5.57. The van der Waals surface area contributed by atoms with Gasteiger partial charge in [-0.1, -0.05) is 0 Å². The number of rotatable bonds is 5. The number of carbonyl (C=O) groups is 5. The number of nitrogens with one attached hydrogen (secondary N) is 4. The minimum atomic E-state index is -1.51. The molecule has 2 aromatic rings. The van der Waals surface area contributed by atoms with Gasteiger partial charge in [-0.2, -0.15) is 0 Å².